The molecule has 7 heteroatoms. The number of H-pyrrole nitrogens is 1. The predicted octanol–water partition coefficient (Wildman–Crippen LogP) is 5.09. The van der Waals surface area contributed by atoms with E-state index in [9.17, 15) is 4.79 Å². The van der Waals surface area contributed by atoms with Crippen LogP contribution in [0.15, 0.2) is 48.8 Å². The Bertz CT molecular complexity index is 1230. The Kier molecular flexibility index (Phi) is 6.62. The summed E-state index contributed by atoms with van der Waals surface area (Å²) in [6.07, 6.45) is 6.63. The highest BCUT2D eigenvalue weighted by Crippen LogP contribution is 2.32. The van der Waals surface area contributed by atoms with Crippen LogP contribution in [0.2, 0.25) is 0 Å². The summed E-state index contributed by atoms with van der Waals surface area (Å²) in [5.74, 6) is 0. The first-order valence-electron chi connectivity index (χ1n) is 12.4. The number of aromatic nitrogens is 2. The number of nitrogens with one attached hydrogen (secondary N) is 1. The van der Waals surface area contributed by atoms with Crippen molar-refractivity contribution in [2.45, 2.75) is 39.3 Å². The fraction of sp³-hybridized carbons (Fsp3) is 0.429. The lowest BCUT2D eigenvalue weighted by molar-refractivity contribution is 0.0270. The van der Waals surface area contributed by atoms with Crippen LogP contribution in [0, 0.1) is 0 Å². The second kappa shape index (κ2) is 9.84. The molecule has 0 bridgehead atoms. The number of pyridine rings is 1. The molecule has 2 aliphatic rings. The van der Waals surface area contributed by atoms with Gasteiger partial charge in [0.15, 0.2) is 0 Å². The minimum absolute atomic E-state index is 0.257. The van der Waals surface area contributed by atoms with Gasteiger partial charge in [-0.2, -0.15) is 0 Å². The van der Waals surface area contributed by atoms with Crippen LogP contribution < -0.4 is 0 Å². The van der Waals surface area contributed by atoms with Gasteiger partial charge in [0.2, 0.25) is 0 Å². The van der Waals surface area contributed by atoms with Crippen LogP contribution in [-0.2, 0) is 16.0 Å². The van der Waals surface area contributed by atoms with Gasteiger partial charge in [-0.3, -0.25) is 4.90 Å². The summed E-state index contributed by atoms with van der Waals surface area (Å²) in [5, 5.41) is 1.11. The minimum Gasteiger partial charge on any atom is -0.444 e. The van der Waals surface area contributed by atoms with Gasteiger partial charge in [0.25, 0.3) is 0 Å². The van der Waals surface area contributed by atoms with E-state index in [0.717, 1.165) is 61.4 Å². The molecule has 1 aromatic carbocycles. The zero-order valence-electron chi connectivity index (χ0n) is 20.8. The van der Waals surface area contributed by atoms with Crippen LogP contribution in [0.5, 0.6) is 0 Å². The summed E-state index contributed by atoms with van der Waals surface area (Å²) in [4.78, 5) is 24.6. The SMILES string of the molecule is CC(C)(C)OC(=O)N1CC=C(c2c[nH]c3ncc(-c4cccc(CN5CCOCC5)c4)cc23)CC1. The van der Waals surface area contributed by atoms with E-state index in [4.69, 9.17) is 14.5 Å². The van der Waals surface area contributed by atoms with Gasteiger partial charge in [0.05, 0.1) is 13.2 Å². The van der Waals surface area contributed by atoms with Crippen LogP contribution in [-0.4, -0.2) is 70.9 Å². The summed E-state index contributed by atoms with van der Waals surface area (Å²) in [5.41, 5.74) is 6.36. The van der Waals surface area contributed by atoms with Crippen LogP contribution in [0.4, 0.5) is 4.79 Å². The van der Waals surface area contributed by atoms with Crippen LogP contribution in [0.3, 0.4) is 0 Å². The predicted molar refractivity (Wildman–Crippen MR) is 138 cm³/mol. The Balaban J connectivity index is 1.35. The van der Waals surface area contributed by atoms with E-state index >= 15 is 0 Å². The van der Waals surface area contributed by atoms with Crippen molar-refractivity contribution in [3.8, 4) is 11.1 Å². The topological polar surface area (TPSA) is 70.7 Å². The molecule has 1 amide bonds. The molecular weight excluding hydrogens is 440 g/mol. The van der Waals surface area contributed by atoms with E-state index in [2.05, 4.69) is 46.3 Å². The average Bonchev–Trinajstić information content (AvgIpc) is 3.27. The summed E-state index contributed by atoms with van der Waals surface area (Å²) in [7, 11) is 0. The highest BCUT2D eigenvalue weighted by Gasteiger charge is 2.24. The molecule has 1 N–H and O–H groups in total. The quantitative estimate of drug-likeness (QED) is 0.571. The number of carbonyl (C=O) groups is 1. The number of rotatable bonds is 4. The molecule has 0 aliphatic carbocycles. The van der Waals surface area contributed by atoms with Crippen molar-refractivity contribution in [2.24, 2.45) is 0 Å². The van der Waals surface area contributed by atoms with Crippen molar-refractivity contribution < 1.29 is 14.3 Å². The molecule has 2 aromatic heterocycles. The van der Waals surface area contributed by atoms with Crippen molar-refractivity contribution >= 4 is 22.7 Å². The molecule has 4 heterocycles. The zero-order valence-corrected chi connectivity index (χ0v) is 20.8. The van der Waals surface area contributed by atoms with Crippen LogP contribution in [0.1, 0.15) is 38.3 Å². The number of hydrogen-bond acceptors (Lipinski definition) is 5. The van der Waals surface area contributed by atoms with Crippen LogP contribution >= 0.6 is 0 Å². The third kappa shape index (κ3) is 5.57. The molecule has 0 unspecified atom stereocenters. The van der Waals surface area contributed by atoms with E-state index in [-0.39, 0.29) is 6.09 Å². The second-order valence-corrected chi connectivity index (χ2v) is 10.3. The number of aromatic amines is 1. The maximum Gasteiger partial charge on any atom is 0.410 e. The first-order valence-corrected chi connectivity index (χ1v) is 12.4. The molecule has 7 nitrogen and oxygen atoms in total. The summed E-state index contributed by atoms with van der Waals surface area (Å²) >= 11 is 0. The number of ether oxygens (including phenoxy) is 2. The van der Waals surface area contributed by atoms with Crippen LogP contribution in [0.25, 0.3) is 27.7 Å². The number of benzene rings is 1. The van der Waals surface area contributed by atoms with Gasteiger partial charge in [-0.1, -0.05) is 24.3 Å². The minimum atomic E-state index is -0.487. The number of nitrogens with zero attached hydrogens (tertiary/aromatic N) is 3. The van der Waals surface area contributed by atoms with Crippen molar-refractivity contribution in [3.05, 3.63) is 59.9 Å². The number of hydrogen-bond donors (Lipinski definition) is 1. The lowest BCUT2D eigenvalue weighted by Gasteiger charge is -2.29. The van der Waals surface area contributed by atoms with E-state index in [1.807, 2.05) is 33.2 Å². The second-order valence-electron chi connectivity index (χ2n) is 10.3. The van der Waals surface area contributed by atoms with Crippen molar-refractivity contribution in [3.63, 3.8) is 0 Å². The molecule has 3 aromatic rings. The Morgan fingerprint density at radius 3 is 2.71 bits per heavy atom. The average molecular weight is 475 g/mol. The van der Waals surface area contributed by atoms with Crippen molar-refractivity contribution in [2.75, 3.05) is 39.4 Å². The molecule has 1 saturated heterocycles. The number of fused-ring (bicyclic) bond motifs is 1. The van der Waals surface area contributed by atoms with Crippen molar-refractivity contribution in [1.82, 2.24) is 19.8 Å². The molecule has 184 valence electrons. The fourth-order valence-corrected chi connectivity index (χ4v) is 4.70. The molecule has 0 atom stereocenters. The molecule has 0 radical (unpaired) electrons. The van der Waals surface area contributed by atoms with Gasteiger partial charge >= 0.3 is 6.09 Å². The molecule has 0 saturated carbocycles. The normalized spacial score (nSPS) is 17.5. The summed E-state index contributed by atoms with van der Waals surface area (Å²) in [6, 6.07) is 11.0. The van der Waals surface area contributed by atoms with Gasteiger partial charge < -0.3 is 19.4 Å². The highest BCUT2D eigenvalue weighted by atomic mass is 16.6. The van der Waals surface area contributed by atoms with Gasteiger partial charge in [0.1, 0.15) is 11.2 Å². The molecule has 35 heavy (non-hydrogen) atoms. The van der Waals surface area contributed by atoms with Gasteiger partial charge in [-0.15, -0.1) is 0 Å². The Hall–Kier alpha value is -3.16. The largest absolute Gasteiger partial charge is 0.444 e. The maximum atomic E-state index is 12.4. The van der Waals surface area contributed by atoms with Crippen molar-refractivity contribution in [1.29, 1.82) is 0 Å². The first-order chi connectivity index (χ1) is 16.9. The third-order valence-electron chi connectivity index (χ3n) is 6.51. The number of carbonyl (C=O) groups excluding carboxylic acids is 1. The lowest BCUT2D eigenvalue weighted by Crippen LogP contribution is -2.39. The molecule has 2 aliphatic heterocycles. The number of morpholine rings is 1. The molecule has 1 fully saturated rings. The highest BCUT2D eigenvalue weighted by molar-refractivity contribution is 5.93. The van der Waals surface area contributed by atoms with E-state index in [0.29, 0.717) is 13.1 Å². The monoisotopic (exact) mass is 474 g/mol. The first kappa shape index (κ1) is 23.6. The Morgan fingerprint density at radius 2 is 1.97 bits per heavy atom. The standard InChI is InChI=1S/C28H34N4O3/c1-28(2,3)35-27(33)32-9-7-21(8-10-32)25-18-30-26-24(25)16-23(17-29-26)22-6-4-5-20(15-22)19-31-11-13-34-14-12-31/h4-7,15-18H,8-14,19H2,1-3H3,(H,29,30). The Morgan fingerprint density at radius 1 is 1.14 bits per heavy atom. The van der Waals surface area contributed by atoms with E-state index < -0.39 is 5.60 Å². The Labute approximate surface area is 206 Å². The molecular formula is C28H34N4O3. The summed E-state index contributed by atoms with van der Waals surface area (Å²) in [6.45, 7) is 11.4. The van der Waals surface area contributed by atoms with Gasteiger partial charge in [-0.25, -0.2) is 9.78 Å². The summed E-state index contributed by atoms with van der Waals surface area (Å²) < 4.78 is 11.0. The number of amides is 1. The zero-order chi connectivity index (χ0) is 24.4. The van der Waals surface area contributed by atoms with E-state index in [1.165, 1.54) is 16.7 Å². The smallest absolute Gasteiger partial charge is 0.410 e. The molecule has 0 spiro atoms. The third-order valence-corrected chi connectivity index (χ3v) is 6.51. The lowest BCUT2D eigenvalue weighted by atomic mass is 9.97. The van der Waals surface area contributed by atoms with E-state index in [1.54, 1.807) is 4.90 Å². The maximum absolute atomic E-state index is 12.4. The van der Waals surface area contributed by atoms with Gasteiger partial charge in [0, 0.05) is 61.6 Å². The fourth-order valence-electron chi connectivity index (χ4n) is 4.70. The molecule has 5 rings (SSSR count). The van der Waals surface area contributed by atoms with Gasteiger partial charge in [-0.05, 0) is 56.0 Å².